The van der Waals surface area contributed by atoms with Crippen molar-refractivity contribution in [2.45, 2.75) is 74.8 Å². The molecular formula is C38H34F2N6O4. The molecule has 1 saturated carbocycles. The molecule has 4 saturated heterocycles. The number of aromatic nitrogens is 3. The maximum Gasteiger partial charge on any atom is 0.407 e. The minimum Gasteiger partial charge on any atom is -0.472 e. The number of carbonyl (C=O) groups is 1. The lowest BCUT2D eigenvalue weighted by Crippen LogP contribution is -2.64. The van der Waals surface area contributed by atoms with Crippen molar-refractivity contribution in [1.29, 1.82) is 0 Å². The number of anilines is 1. The van der Waals surface area contributed by atoms with Crippen molar-refractivity contribution in [3.8, 4) is 35.5 Å². The van der Waals surface area contributed by atoms with E-state index in [2.05, 4.69) is 22.3 Å². The number of hydrogen-bond donors (Lipinski definition) is 1. The number of halogens is 2. The Hall–Kier alpha value is -5.02. The van der Waals surface area contributed by atoms with E-state index < -0.39 is 29.9 Å². The lowest BCUT2D eigenvalue weighted by molar-refractivity contribution is 0.0705. The Morgan fingerprint density at radius 1 is 1.18 bits per heavy atom. The highest BCUT2D eigenvalue weighted by atomic mass is 19.1. The number of carboxylic acid groups (broad SMARTS) is 1. The fraction of sp³-hybridized carbons (Fsp3) is 0.421. The smallest absolute Gasteiger partial charge is 0.407 e. The van der Waals surface area contributed by atoms with Crippen LogP contribution in [-0.2, 0) is 0 Å². The first-order chi connectivity index (χ1) is 24.2. The number of rotatable bonds is 4. The number of piperidine rings is 1. The normalized spacial score (nSPS) is 30.5. The number of pyridine rings is 1. The first-order valence-electron chi connectivity index (χ1n) is 17.3. The highest BCUT2D eigenvalue weighted by Crippen LogP contribution is 2.57. The van der Waals surface area contributed by atoms with Crippen LogP contribution in [-0.4, -0.2) is 91.5 Å². The highest BCUT2D eigenvalue weighted by Gasteiger charge is 2.62. The second-order valence-corrected chi connectivity index (χ2v) is 14.9. The van der Waals surface area contributed by atoms with Crippen LogP contribution in [0.15, 0.2) is 42.5 Å². The molecule has 50 heavy (non-hydrogen) atoms. The van der Waals surface area contributed by atoms with Crippen molar-refractivity contribution in [3.63, 3.8) is 0 Å². The van der Waals surface area contributed by atoms with Gasteiger partial charge >= 0.3 is 12.1 Å². The SMILES string of the molecule is C#Cc1c(F)ccc2cccc(-c3nc4c5c(nc(OCC67CC(=C)CN6[C@@H]6C[C@@H]6C7)nc5c3F)N3CC5CCC(C3C(C)O4)N5C(=O)O)c12. The maximum absolute atomic E-state index is 17.2. The van der Waals surface area contributed by atoms with Gasteiger partial charge in [0.2, 0.25) is 5.88 Å². The van der Waals surface area contributed by atoms with Gasteiger partial charge in [-0.05, 0) is 56.4 Å². The van der Waals surface area contributed by atoms with Crippen LogP contribution in [0.5, 0.6) is 11.9 Å². The third-order valence-corrected chi connectivity index (χ3v) is 12.1. The van der Waals surface area contributed by atoms with Crippen LogP contribution in [0.3, 0.4) is 0 Å². The van der Waals surface area contributed by atoms with E-state index in [1.165, 1.54) is 23.0 Å². The Morgan fingerprint density at radius 2 is 2.04 bits per heavy atom. The molecule has 5 unspecified atom stereocenters. The topological polar surface area (TPSA) is 104 Å². The quantitative estimate of drug-likeness (QED) is 0.214. The number of benzene rings is 2. The van der Waals surface area contributed by atoms with E-state index in [-0.39, 0.29) is 51.7 Å². The van der Waals surface area contributed by atoms with Gasteiger partial charge in [0.25, 0.3) is 0 Å². The molecule has 7 atom stereocenters. The molecular weight excluding hydrogens is 642 g/mol. The monoisotopic (exact) mass is 676 g/mol. The van der Waals surface area contributed by atoms with Crippen molar-refractivity contribution in [1.82, 2.24) is 24.8 Å². The van der Waals surface area contributed by atoms with Crippen LogP contribution in [0.25, 0.3) is 32.9 Å². The molecule has 10 nitrogen and oxygen atoms in total. The third kappa shape index (κ3) is 4.04. The number of piperazine rings is 1. The largest absolute Gasteiger partial charge is 0.472 e. The fourth-order valence-corrected chi connectivity index (χ4v) is 10.1. The Kier molecular flexibility index (Phi) is 6.13. The number of terminal acetylenes is 1. The summed E-state index contributed by atoms with van der Waals surface area (Å²) in [4.78, 5) is 33.0. The number of ether oxygens (including phenoxy) is 2. The summed E-state index contributed by atoms with van der Waals surface area (Å²) >= 11 is 0. The van der Waals surface area contributed by atoms with E-state index in [0.29, 0.717) is 60.1 Å². The zero-order chi connectivity index (χ0) is 34.2. The van der Waals surface area contributed by atoms with Crippen molar-refractivity contribution in [3.05, 3.63) is 59.7 Å². The predicted molar refractivity (Wildman–Crippen MR) is 181 cm³/mol. The Morgan fingerprint density at radius 3 is 2.86 bits per heavy atom. The molecule has 6 aliphatic rings. The first kappa shape index (κ1) is 29.9. The molecule has 12 heteroatoms. The standard InChI is InChI=1S/C38H34F2N6O4/c1-4-23-25(39)10-8-20-6-5-7-24(28(20)23)31-30(40)32-29-34(43-36(42-32)49-17-38-13-18(2)15-45(38)27-12-21(27)14-38)44-16-22-9-11-26(46(22)37(47)48)33(44)19(3)50-35(29)41-31/h1,5-8,10,19,21-22,26-27,33H,2,9,11-17H2,3H3,(H,47,48)/t19?,21-,22?,26?,27-,33?,38?/m1/s1. The Labute approximate surface area is 286 Å². The molecule has 1 aliphatic carbocycles. The van der Waals surface area contributed by atoms with Gasteiger partial charge in [0, 0.05) is 30.1 Å². The van der Waals surface area contributed by atoms with Gasteiger partial charge in [0.15, 0.2) is 5.82 Å². The van der Waals surface area contributed by atoms with Crippen molar-refractivity contribution in [2.24, 2.45) is 5.92 Å². The summed E-state index contributed by atoms with van der Waals surface area (Å²) in [6, 6.07) is 7.60. The fourth-order valence-electron chi connectivity index (χ4n) is 10.1. The van der Waals surface area contributed by atoms with Crippen LogP contribution in [0.2, 0.25) is 0 Å². The molecule has 2 aromatic heterocycles. The number of amides is 1. The van der Waals surface area contributed by atoms with Gasteiger partial charge in [-0.25, -0.2) is 18.6 Å². The van der Waals surface area contributed by atoms with Gasteiger partial charge in [-0.1, -0.05) is 42.3 Å². The van der Waals surface area contributed by atoms with Crippen molar-refractivity contribution >= 4 is 33.6 Å². The Balaban J connectivity index is 1.17. The summed E-state index contributed by atoms with van der Waals surface area (Å²) in [6.07, 6.45) is 8.64. The molecule has 254 valence electrons. The summed E-state index contributed by atoms with van der Waals surface area (Å²) in [6.45, 7) is 7.68. The molecule has 5 aliphatic heterocycles. The number of nitrogens with zero attached hydrogens (tertiary/aromatic N) is 6. The van der Waals surface area contributed by atoms with Crippen LogP contribution in [0.4, 0.5) is 19.4 Å². The molecule has 1 amide bonds. The van der Waals surface area contributed by atoms with E-state index in [9.17, 15) is 9.90 Å². The van der Waals surface area contributed by atoms with Crippen LogP contribution < -0.4 is 14.4 Å². The van der Waals surface area contributed by atoms with Crippen LogP contribution in [0.1, 0.15) is 44.6 Å². The van der Waals surface area contributed by atoms with Crippen LogP contribution >= 0.6 is 0 Å². The van der Waals surface area contributed by atoms with Gasteiger partial charge in [-0.3, -0.25) is 9.80 Å². The zero-order valence-electron chi connectivity index (χ0n) is 27.4. The van der Waals surface area contributed by atoms with Gasteiger partial charge in [0.05, 0.1) is 29.2 Å². The lowest BCUT2D eigenvalue weighted by atomic mass is 9.92. The summed E-state index contributed by atoms with van der Waals surface area (Å²) in [5.74, 6) is 2.27. The molecule has 4 aromatic rings. The minimum absolute atomic E-state index is 0.00504. The second-order valence-electron chi connectivity index (χ2n) is 14.9. The molecule has 7 heterocycles. The van der Waals surface area contributed by atoms with E-state index in [4.69, 9.17) is 30.8 Å². The molecule has 10 rings (SSSR count). The highest BCUT2D eigenvalue weighted by molar-refractivity contribution is 6.03. The van der Waals surface area contributed by atoms with E-state index in [1.54, 1.807) is 24.3 Å². The van der Waals surface area contributed by atoms with Crippen molar-refractivity contribution < 1.29 is 28.2 Å². The molecule has 5 fully saturated rings. The third-order valence-electron chi connectivity index (χ3n) is 12.1. The molecule has 0 radical (unpaired) electrons. The van der Waals surface area contributed by atoms with Gasteiger partial charge in [-0.2, -0.15) is 9.97 Å². The summed E-state index contributed by atoms with van der Waals surface area (Å²) in [7, 11) is 0. The minimum atomic E-state index is -0.974. The van der Waals surface area contributed by atoms with Gasteiger partial charge < -0.3 is 19.5 Å². The average Bonchev–Trinajstić information content (AvgIpc) is 3.57. The molecule has 1 N–H and O–H groups in total. The van der Waals surface area contributed by atoms with Gasteiger partial charge in [-0.15, -0.1) is 6.42 Å². The van der Waals surface area contributed by atoms with Gasteiger partial charge in [0.1, 0.15) is 40.9 Å². The van der Waals surface area contributed by atoms with E-state index in [0.717, 1.165) is 19.4 Å². The summed E-state index contributed by atoms with van der Waals surface area (Å²) < 4.78 is 45.3. The number of fused-ring (bicyclic) bond motifs is 9. The molecule has 0 spiro atoms. The second kappa shape index (κ2) is 10.3. The maximum atomic E-state index is 17.2. The molecule has 2 bridgehead atoms. The van der Waals surface area contributed by atoms with Crippen molar-refractivity contribution in [2.75, 3.05) is 24.6 Å². The predicted octanol–water partition coefficient (Wildman–Crippen LogP) is 5.76. The molecule has 2 aromatic carbocycles. The summed E-state index contributed by atoms with van der Waals surface area (Å²) in [5, 5.41) is 11.5. The zero-order valence-corrected chi connectivity index (χ0v) is 27.4. The average molecular weight is 677 g/mol. The lowest BCUT2D eigenvalue weighted by Gasteiger charge is -2.47. The number of hydrogen-bond acceptors (Lipinski definition) is 8. The van der Waals surface area contributed by atoms with Crippen LogP contribution in [0, 0.1) is 29.9 Å². The first-order valence-corrected chi connectivity index (χ1v) is 17.3. The summed E-state index contributed by atoms with van der Waals surface area (Å²) in [5.41, 5.74) is 1.15. The van der Waals surface area contributed by atoms with E-state index in [1.807, 2.05) is 6.92 Å². The Bertz CT molecular complexity index is 2240. The van der Waals surface area contributed by atoms with E-state index >= 15 is 8.78 Å².